The number of ether oxygens (including phenoxy) is 1. The molecule has 0 fully saturated rings. The molecule has 1 aromatic heterocycles. The van der Waals surface area contributed by atoms with Gasteiger partial charge in [0.05, 0.1) is 23.9 Å². The van der Waals surface area contributed by atoms with Crippen LogP contribution in [-0.4, -0.2) is 24.5 Å². The van der Waals surface area contributed by atoms with E-state index in [1.807, 2.05) is 19.1 Å². The molecule has 4 nitrogen and oxygen atoms in total. The van der Waals surface area contributed by atoms with Crippen LogP contribution in [0, 0.1) is 0 Å². The summed E-state index contributed by atoms with van der Waals surface area (Å²) in [6.45, 7) is 2.48. The maximum Gasteiger partial charge on any atom is 0.416 e. The summed E-state index contributed by atoms with van der Waals surface area (Å²) in [6.07, 6.45) is -3.60. The molecular weight excluding hydrogens is 381 g/mol. The lowest BCUT2D eigenvalue weighted by atomic mass is 10.1. The van der Waals surface area contributed by atoms with Gasteiger partial charge in [-0.05, 0) is 60.0 Å². The maximum absolute atomic E-state index is 12.8. The zero-order valence-corrected chi connectivity index (χ0v) is 16.1. The summed E-state index contributed by atoms with van der Waals surface area (Å²) in [4.78, 5) is 15.8. The molecule has 0 radical (unpaired) electrons. The third kappa shape index (κ3) is 4.62. The minimum atomic E-state index is -4.40. The van der Waals surface area contributed by atoms with Crippen molar-refractivity contribution in [1.29, 1.82) is 0 Å². The Hall–Kier alpha value is -3.22. The van der Waals surface area contributed by atoms with Gasteiger partial charge >= 0.3 is 6.18 Å². The first-order valence-corrected chi connectivity index (χ1v) is 9.16. The Morgan fingerprint density at radius 2 is 1.66 bits per heavy atom. The zero-order chi connectivity index (χ0) is 21.0. The Kier molecular flexibility index (Phi) is 5.96. The molecule has 29 heavy (non-hydrogen) atoms. The molecule has 0 aliphatic heterocycles. The lowest BCUT2D eigenvalue weighted by Crippen LogP contribution is -2.24. The Morgan fingerprint density at radius 1 is 1.03 bits per heavy atom. The summed E-state index contributed by atoms with van der Waals surface area (Å²) in [6, 6.07) is 13.7. The summed E-state index contributed by atoms with van der Waals surface area (Å²) in [5.41, 5.74) is 2.19. The molecule has 1 amide bonds. The predicted molar refractivity (Wildman–Crippen MR) is 106 cm³/mol. The second-order valence-corrected chi connectivity index (χ2v) is 6.53. The minimum Gasteiger partial charge on any atom is -0.497 e. The second-order valence-electron chi connectivity index (χ2n) is 6.53. The average molecular weight is 402 g/mol. The molecule has 2 N–H and O–H groups in total. The molecule has 7 heteroatoms. The van der Waals surface area contributed by atoms with Gasteiger partial charge in [-0.2, -0.15) is 13.2 Å². The van der Waals surface area contributed by atoms with E-state index in [0.717, 1.165) is 24.1 Å². The molecule has 3 rings (SSSR count). The van der Waals surface area contributed by atoms with Crippen LogP contribution in [0.5, 0.6) is 5.75 Å². The SMILES string of the molecule is CCCNC(=O)c1cc(-c2ccc(C(F)(F)F)cc2)[nH]c1-c1ccc(OC)cc1. The number of H-pyrrole nitrogens is 1. The molecular formula is C22H21F3N2O2. The number of carbonyl (C=O) groups excluding carboxylic acids is 1. The van der Waals surface area contributed by atoms with E-state index in [-0.39, 0.29) is 5.91 Å². The topological polar surface area (TPSA) is 54.1 Å². The van der Waals surface area contributed by atoms with Crippen molar-refractivity contribution in [1.82, 2.24) is 10.3 Å². The number of hydrogen-bond acceptors (Lipinski definition) is 2. The minimum absolute atomic E-state index is 0.243. The number of rotatable bonds is 6. The lowest BCUT2D eigenvalue weighted by Gasteiger charge is -2.07. The predicted octanol–water partition coefficient (Wildman–Crippen LogP) is 5.52. The van der Waals surface area contributed by atoms with Crippen molar-refractivity contribution in [2.45, 2.75) is 19.5 Å². The van der Waals surface area contributed by atoms with E-state index in [0.29, 0.717) is 34.8 Å². The van der Waals surface area contributed by atoms with Gasteiger partial charge in [0.25, 0.3) is 5.91 Å². The van der Waals surface area contributed by atoms with Gasteiger partial charge in [0.15, 0.2) is 0 Å². The summed E-state index contributed by atoms with van der Waals surface area (Å²) >= 11 is 0. The van der Waals surface area contributed by atoms with Gasteiger partial charge in [-0.3, -0.25) is 4.79 Å². The fraction of sp³-hybridized carbons (Fsp3) is 0.227. The molecule has 0 aliphatic carbocycles. The number of amides is 1. The number of benzene rings is 2. The number of nitrogens with one attached hydrogen (secondary N) is 2. The average Bonchev–Trinajstić information content (AvgIpc) is 3.17. The summed E-state index contributed by atoms with van der Waals surface area (Å²) in [5.74, 6) is 0.437. The monoisotopic (exact) mass is 402 g/mol. The first-order chi connectivity index (χ1) is 13.8. The molecule has 0 atom stereocenters. The van der Waals surface area contributed by atoms with Crippen LogP contribution in [0.1, 0.15) is 29.3 Å². The van der Waals surface area contributed by atoms with E-state index in [1.54, 1.807) is 25.3 Å². The maximum atomic E-state index is 12.8. The van der Waals surface area contributed by atoms with Gasteiger partial charge in [-0.15, -0.1) is 0 Å². The Bertz CT molecular complexity index is 975. The third-order valence-electron chi connectivity index (χ3n) is 4.50. The number of methoxy groups -OCH3 is 1. The van der Waals surface area contributed by atoms with Crippen molar-refractivity contribution in [2.75, 3.05) is 13.7 Å². The van der Waals surface area contributed by atoms with E-state index in [4.69, 9.17) is 4.74 Å². The van der Waals surface area contributed by atoms with Gasteiger partial charge in [0, 0.05) is 12.2 Å². The number of halogens is 3. The van der Waals surface area contributed by atoms with Crippen LogP contribution in [0.2, 0.25) is 0 Å². The number of carbonyl (C=O) groups is 1. The summed E-state index contributed by atoms with van der Waals surface area (Å²) in [5, 5.41) is 2.84. The van der Waals surface area contributed by atoms with Crippen molar-refractivity contribution >= 4 is 5.91 Å². The third-order valence-corrected chi connectivity index (χ3v) is 4.50. The van der Waals surface area contributed by atoms with E-state index in [9.17, 15) is 18.0 Å². The van der Waals surface area contributed by atoms with Crippen LogP contribution < -0.4 is 10.1 Å². The number of aromatic nitrogens is 1. The van der Waals surface area contributed by atoms with Crippen molar-refractivity contribution in [3.63, 3.8) is 0 Å². The van der Waals surface area contributed by atoms with Gasteiger partial charge < -0.3 is 15.0 Å². The zero-order valence-electron chi connectivity index (χ0n) is 16.1. The highest BCUT2D eigenvalue weighted by atomic mass is 19.4. The van der Waals surface area contributed by atoms with E-state index in [2.05, 4.69) is 10.3 Å². The van der Waals surface area contributed by atoms with Crippen molar-refractivity contribution in [3.8, 4) is 28.3 Å². The van der Waals surface area contributed by atoms with Crippen LogP contribution in [0.3, 0.4) is 0 Å². The van der Waals surface area contributed by atoms with Crippen LogP contribution in [0.25, 0.3) is 22.5 Å². The van der Waals surface area contributed by atoms with Crippen molar-refractivity contribution < 1.29 is 22.7 Å². The molecule has 1 heterocycles. The summed E-state index contributed by atoms with van der Waals surface area (Å²) in [7, 11) is 1.57. The number of aromatic amines is 1. The van der Waals surface area contributed by atoms with Crippen LogP contribution in [0.15, 0.2) is 54.6 Å². The van der Waals surface area contributed by atoms with Gasteiger partial charge in [-0.25, -0.2) is 0 Å². The van der Waals surface area contributed by atoms with Crippen LogP contribution >= 0.6 is 0 Å². The molecule has 0 saturated carbocycles. The highest BCUT2D eigenvalue weighted by Crippen LogP contribution is 2.33. The fourth-order valence-electron chi connectivity index (χ4n) is 2.95. The van der Waals surface area contributed by atoms with Gasteiger partial charge in [-0.1, -0.05) is 19.1 Å². The fourth-order valence-corrected chi connectivity index (χ4v) is 2.95. The van der Waals surface area contributed by atoms with Crippen molar-refractivity contribution in [3.05, 3.63) is 65.7 Å². The summed E-state index contributed by atoms with van der Waals surface area (Å²) < 4.78 is 43.6. The van der Waals surface area contributed by atoms with Crippen molar-refractivity contribution in [2.24, 2.45) is 0 Å². The highest BCUT2D eigenvalue weighted by molar-refractivity contribution is 6.01. The molecule has 0 bridgehead atoms. The van der Waals surface area contributed by atoms with E-state index >= 15 is 0 Å². The smallest absolute Gasteiger partial charge is 0.416 e. The standard InChI is InChI=1S/C22H21F3N2O2/c1-3-12-26-21(28)18-13-19(14-4-8-16(9-5-14)22(23,24)25)27-20(18)15-6-10-17(29-2)11-7-15/h4-11,13,27H,3,12H2,1-2H3,(H,26,28). The number of hydrogen-bond donors (Lipinski definition) is 2. The largest absolute Gasteiger partial charge is 0.497 e. The Balaban J connectivity index is 2.02. The molecule has 0 spiro atoms. The first kappa shape index (κ1) is 20.5. The quantitative estimate of drug-likeness (QED) is 0.571. The van der Waals surface area contributed by atoms with E-state index in [1.165, 1.54) is 12.1 Å². The first-order valence-electron chi connectivity index (χ1n) is 9.16. The van der Waals surface area contributed by atoms with Crippen LogP contribution in [-0.2, 0) is 6.18 Å². The molecule has 0 saturated heterocycles. The number of alkyl halides is 3. The molecule has 152 valence electrons. The molecule has 0 unspecified atom stereocenters. The van der Waals surface area contributed by atoms with Crippen LogP contribution in [0.4, 0.5) is 13.2 Å². The molecule has 0 aliphatic rings. The van der Waals surface area contributed by atoms with Gasteiger partial charge in [0.1, 0.15) is 5.75 Å². The van der Waals surface area contributed by atoms with E-state index < -0.39 is 11.7 Å². The molecule has 3 aromatic rings. The second kappa shape index (κ2) is 8.43. The Labute approximate surface area is 166 Å². The normalized spacial score (nSPS) is 11.3. The molecule has 2 aromatic carbocycles. The van der Waals surface area contributed by atoms with Gasteiger partial charge in [0.2, 0.25) is 0 Å². The highest BCUT2D eigenvalue weighted by Gasteiger charge is 2.30. The Morgan fingerprint density at radius 3 is 2.21 bits per heavy atom. The lowest BCUT2D eigenvalue weighted by molar-refractivity contribution is -0.137.